The molecule has 0 radical (unpaired) electrons. The Balaban J connectivity index is 2.81. The van der Waals surface area contributed by atoms with E-state index in [0.717, 1.165) is 0 Å². The van der Waals surface area contributed by atoms with Gasteiger partial charge in [-0.2, -0.15) is 0 Å². The molecule has 1 amide bonds. The number of carbonyl (C=O) groups excluding carboxylic acids is 1. The maximum Gasteiger partial charge on any atom is 0.410 e. The highest BCUT2D eigenvalue weighted by molar-refractivity contribution is 7.63. The van der Waals surface area contributed by atoms with Gasteiger partial charge in [-0.1, -0.05) is 12.7 Å². The van der Waals surface area contributed by atoms with Gasteiger partial charge in [0.1, 0.15) is 6.61 Å². The van der Waals surface area contributed by atoms with Crippen molar-refractivity contribution in [1.29, 1.82) is 0 Å². The molecule has 0 aromatic rings. The first-order chi connectivity index (χ1) is 8.75. The molecular weight excluding hydrogens is 269 g/mol. The third-order valence-corrected chi connectivity index (χ3v) is 5.37. The van der Waals surface area contributed by atoms with Gasteiger partial charge in [-0.25, -0.2) is 4.79 Å². The maximum absolute atomic E-state index is 12.1. The van der Waals surface area contributed by atoms with E-state index in [9.17, 15) is 14.2 Å². The first-order valence-electron chi connectivity index (χ1n) is 6.05. The standard InChI is InChI=1S/C12H20NO5P/c1-4-5-18-12(16)13-7-9(11(14)15)6-10(8-13)19(2,3)17/h4,9-10H,1,5-8H2,2-3H3,(H,14,15). The van der Waals surface area contributed by atoms with E-state index in [2.05, 4.69) is 6.58 Å². The molecule has 2 unspecified atom stereocenters. The number of carboxylic acid groups (broad SMARTS) is 1. The normalized spacial score (nSPS) is 23.8. The number of nitrogens with zero attached hydrogens (tertiary/aromatic N) is 1. The lowest BCUT2D eigenvalue weighted by molar-refractivity contribution is -0.143. The zero-order chi connectivity index (χ0) is 14.6. The van der Waals surface area contributed by atoms with E-state index in [-0.39, 0.29) is 25.4 Å². The van der Waals surface area contributed by atoms with Gasteiger partial charge in [-0.05, 0) is 19.8 Å². The fourth-order valence-electron chi connectivity index (χ4n) is 2.07. The molecule has 1 N–H and O–H groups in total. The molecule has 0 aliphatic carbocycles. The van der Waals surface area contributed by atoms with Crippen LogP contribution in [0.15, 0.2) is 12.7 Å². The van der Waals surface area contributed by atoms with Crippen molar-refractivity contribution in [2.75, 3.05) is 33.0 Å². The smallest absolute Gasteiger partial charge is 0.410 e. The van der Waals surface area contributed by atoms with Crippen molar-refractivity contribution in [3.05, 3.63) is 12.7 Å². The quantitative estimate of drug-likeness (QED) is 0.629. The highest BCUT2D eigenvalue weighted by Gasteiger charge is 2.39. The summed E-state index contributed by atoms with van der Waals surface area (Å²) in [5.74, 6) is -1.66. The van der Waals surface area contributed by atoms with Crippen LogP contribution in [0.5, 0.6) is 0 Å². The SMILES string of the molecule is C=CCOC(=O)N1CC(C(=O)O)CC(P(C)(C)=O)C1. The molecule has 1 fully saturated rings. The molecule has 108 valence electrons. The van der Waals surface area contributed by atoms with E-state index in [1.807, 2.05) is 0 Å². The minimum Gasteiger partial charge on any atom is -0.481 e. The van der Waals surface area contributed by atoms with Gasteiger partial charge in [0.25, 0.3) is 0 Å². The van der Waals surface area contributed by atoms with E-state index in [0.29, 0.717) is 6.42 Å². The van der Waals surface area contributed by atoms with E-state index in [1.165, 1.54) is 11.0 Å². The molecule has 1 rings (SSSR count). The Labute approximate surface area is 112 Å². The Kier molecular flexibility index (Phi) is 5.18. The molecule has 19 heavy (non-hydrogen) atoms. The third kappa shape index (κ3) is 4.39. The molecule has 6 nitrogen and oxygen atoms in total. The van der Waals surface area contributed by atoms with Crippen molar-refractivity contribution in [2.24, 2.45) is 5.92 Å². The predicted octanol–water partition coefficient (Wildman–Crippen LogP) is 1.71. The molecule has 0 aromatic carbocycles. The summed E-state index contributed by atoms with van der Waals surface area (Å²) in [6, 6.07) is 0. The number of carbonyl (C=O) groups is 2. The van der Waals surface area contributed by atoms with Crippen LogP contribution in [0, 0.1) is 5.92 Å². The number of ether oxygens (including phenoxy) is 1. The number of piperidine rings is 1. The Morgan fingerprint density at radius 2 is 2.11 bits per heavy atom. The van der Waals surface area contributed by atoms with Crippen LogP contribution in [0.1, 0.15) is 6.42 Å². The first kappa shape index (κ1) is 15.8. The van der Waals surface area contributed by atoms with E-state index < -0.39 is 25.1 Å². The van der Waals surface area contributed by atoms with Crippen molar-refractivity contribution < 1.29 is 24.0 Å². The minimum atomic E-state index is -2.45. The van der Waals surface area contributed by atoms with Gasteiger partial charge >= 0.3 is 12.1 Å². The Bertz CT molecular complexity index is 416. The van der Waals surface area contributed by atoms with Crippen molar-refractivity contribution >= 4 is 19.2 Å². The molecule has 0 bridgehead atoms. The van der Waals surface area contributed by atoms with Gasteiger partial charge < -0.3 is 19.3 Å². The summed E-state index contributed by atoms with van der Waals surface area (Å²) in [4.78, 5) is 24.2. The van der Waals surface area contributed by atoms with E-state index >= 15 is 0 Å². The van der Waals surface area contributed by atoms with Crippen molar-refractivity contribution in [3.8, 4) is 0 Å². The highest BCUT2D eigenvalue weighted by atomic mass is 31.2. The molecule has 0 aromatic heterocycles. The van der Waals surface area contributed by atoms with E-state index in [1.54, 1.807) is 13.3 Å². The third-order valence-electron chi connectivity index (χ3n) is 3.24. The number of amides is 1. The van der Waals surface area contributed by atoms with Crippen LogP contribution in [0.2, 0.25) is 0 Å². The second-order valence-electron chi connectivity index (χ2n) is 5.13. The van der Waals surface area contributed by atoms with Crippen LogP contribution in [-0.2, 0) is 14.1 Å². The fourth-order valence-corrected chi connectivity index (χ4v) is 3.42. The zero-order valence-corrected chi connectivity index (χ0v) is 12.1. The van der Waals surface area contributed by atoms with Gasteiger partial charge in [-0.3, -0.25) is 4.79 Å². The van der Waals surface area contributed by atoms with Crippen LogP contribution in [0.3, 0.4) is 0 Å². The summed E-state index contributed by atoms with van der Waals surface area (Å²) in [5, 5.41) is 9.11. The predicted molar refractivity (Wildman–Crippen MR) is 72.1 cm³/mol. The number of rotatable bonds is 4. The lowest BCUT2D eigenvalue weighted by atomic mass is 9.98. The molecular formula is C12H20NO5P. The minimum absolute atomic E-state index is 0.0770. The van der Waals surface area contributed by atoms with Gasteiger partial charge in [0.15, 0.2) is 0 Å². The van der Waals surface area contributed by atoms with Crippen LogP contribution >= 0.6 is 7.14 Å². The lowest BCUT2D eigenvalue weighted by Crippen LogP contribution is -2.48. The van der Waals surface area contributed by atoms with Crippen LogP contribution in [0.25, 0.3) is 0 Å². The lowest BCUT2D eigenvalue weighted by Gasteiger charge is -2.37. The summed E-state index contributed by atoms with van der Waals surface area (Å²) in [5.41, 5.74) is -0.293. The van der Waals surface area contributed by atoms with E-state index in [4.69, 9.17) is 9.84 Å². The number of carboxylic acids is 1. The number of hydrogen-bond acceptors (Lipinski definition) is 4. The molecule has 1 aliphatic rings. The summed E-state index contributed by atoms with van der Waals surface area (Å²) in [7, 11) is -2.45. The van der Waals surface area contributed by atoms with Crippen LogP contribution < -0.4 is 0 Å². The summed E-state index contributed by atoms with van der Waals surface area (Å²) < 4.78 is 17.0. The molecule has 0 saturated carbocycles. The molecule has 0 spiro atoms. The largest absolute Gasteiger partial charge is 0.481 e. The summed E-state index contributed by atoms with van der Waals surface area (Å²) >= 11 is 0. The number of aliphatic carboxylic acids is 1. The van der Waals surface area contributed by atoms with Gasteiger partial charge in [0.05, 0.1) is 13.1 Å². The average Bonchev–Trinajstić information content (AvgIpc) is 2.34. The van der Waals surface area contributed by atoms with Crippen LogP contribution in [-0.4, -0.2) is 60.8 Å². The zero-order valence-electron chi connectivity index (χ0n) is 11.2. The molecule has 2 atom stereocenters. The average molecular weight is 289 g/mol. The summed E-state index contributed by atoms with van der Waals surface area (Å²) in [6.45, 7) is 7.14. The Morgan fingerprint density at radius 3 is 2.58 bits per heavy atom. The second kappa shape index (κ2) is 6.24. The second-order valence-corrected chi connectivity index (χ2v) is 8.73. The van der Waals surface area contributed by atoms with Crippen molar-refractivity contribution in [1.82, 2.24) is 4.90 Å². The number of hydrogen-bond donors (Lipinski definition) is 1. The first-order valence-corrected chi connectivity index (χ1v) is 8.72. The fraction of sp³-hybridized carbons (Fsp3) is 0.667. The Hall–Kier alpha value is -1.29. The topological polar surface area (TPSA) is 83.9 Å². The molecule has 1 aliphatic heterocycles. The van der Waals surface area contributed by atoms with Crippen molar-refractivity contribution in [3.63, 3.8) is 0 Å². The Morgan fingerprint density at radius 1 is 1.47 bits per heavy atom. The van der Waals surface area contributed by atoms with Crippen molar-refractivity contribution in [2.45, 2.75) is 12.1 Å². The van der Waals surface area contributed by atoms with Gasteiger partial charge in [0, 0.05) is 18.7 Å². The molecule has 1 saturated heterocycles. The summed E-state index contributed by atoms with van der Waals surface area (Å²) in [6.07, 6.45) is 1.20. The van der Waals surface area contributed by atoms with Gasteiger partial charge in [-0.15, -0.1) is 0 Å². The van der Waals surface area contributed by atoms with Gasteiger partial charge in [0.2, 0.25) is 0 Å². The number of likely N-dealkylation sites (tertiary alicyclic amines) is 1. The highest BCUT2D eigenvalue weighted by Crippen LogP contribution is 2.47. The molecule has 7 heteroatoms. The van der Waals surface area contributed by atoms with Crippen LogP contribution in [0.4, 0.5) is 4.79 Å². The maximum atomic E-state index is 12.1. The molecule has 1 heterocycles. The monoisotopic (exact) mass is 289 g/mol.